The molecule has 1 unspecified atom stereocenters. The Labute approximate surface area is 104 Å². The lowest BCUT2D eigenvalue weighted by Crippen LogP contribution is -2.15. The molecule has 0 aliphatic rings. The van der Waals surface area contributed by atoms with Crippen LogP contribution in [-0.2, 0) is 6.42 Å². The van der Waals surface area contributed by atoms with E-state index in [9.17, 15) is 8.78 Å². The summed E-state index contributed by atoms with van der Waals surface area (Å²) in [5.41, 5.74) is 6.91. The summed E-state index contributed by atoms with van der Waals surface area (Å²) in [5.74, 6) is -0.915. The minimum absolute atomic E-state index is 0.113. The Morgan fingerprint density at radius 1 is 1.33 bits per heavy atom. The van der Waals surface area contributed by atoms with E-state index in [1.807, 2.05) is 6.92 Å². The van der Waals surface area contributed by atoms with Crippen LogP contribution >= 0.6 is 0 Å². The number of nitrogens with two attached hydrogens (primary N) is 1. The first-order chi connectivity index (χ1) is 8.56. The zero-order valence-electron chi connectivity index (χ0n) is 10.1. The van der Waals surface area contributed by atoms with Crippen LogP contribution in [0.25, 0.3) is 11.3 Å². The van der Waals surface area contributed by atoms with Gasteiger partial charge in [0.15, 0.2) is 11.6 Å². The summed E-state index contributed by atoms with van der Waals surface area (Å²) < 4.78 is 25.9. The molecule has 1 aromatic heterocycles. The quantitative estimate of drug-likeness (QED) is 0.877. The predicted octanol–water partition coefficient (Wildman–Crippen LogP) is 2.63. The molecule has 0 aliphatic heterocycles. The van der Waals surface area contributed by atoms with E-state index in [1.54, 1.807) is 6.20 Å². The number of nitrogens with one attached hydrogen (secondary N) is 1. The topological polar surface area (TPSA) is 54.7 Å². The normalized spacial score (nSPS) is 12.7. The first-order valence-corrected chi connectivity index (χ1v) is 5.81. The smallest absolute Gasteiger partial charge is 0.159 e. The van der Waals surface area contributed by atoms with Gasteiger partial charge in [0, 0.05) is 18.0 Å². The van der Waals surface area contributed by atoms with E-state index in [0.717, 1.165) is 30.8 Å². The van der Waals surface area contributed by atoms with Crippen LogP contribution < -0.4 is 5.73 Å². The summed E-state index contributed by atoms with van der Waals surface area (Å²) in [6.45, 7) is 1.93. The minimum Gasteiger partial charge on any atom is -0.342 e. The van der Waals surface area contributed by atoms with Crippen LogP contribution in [0, 0.1) is 11.6 Å². The number of H-pyrrole nitrogens is 1. The van der Waals surface area contributed by atoms with Crippen LogP contribution in [0.3, 0.4) is 0 Å². The van der Waals surface area contributed by atoms with Gasteiger partial charge < -0.3 is 10.7 Å². The van der Waals surface area contributed by atoms with Gasteiger partial charge in [0.05, 0.1) is 11.9 Å². The van der Waals surface area contributed by atoms with Gasteiger partial charge in [-0.3, -0.25) is 0 Å². The van der Waals surface area contributed by atoms with Crippen molar-refractivity contribution >= 4 is 0 Å². The second-order valence-corrected chi connectivity index (χ2v) is 4.39. The molecule has 0 radical (unpaired) electrons. The van der Waals surface area contributed by atoms with Crippen molar-refractivity contribution in [3.63, 3.8) is 0 Å². The molecule has 2 aromatic rings. The van der Waals surface area contributed by atoms with Gasteiger partial charge in [0.25, 0.3) is 0 Å². The summed E-state index contributed by atoms with van der Waals surface area (Å²) in [6, 6.07) is 3.88. The third-order valence-corrected chi connectivity index (χ3v) is 2.70. The monoisotopic (exact) mass is 251 g/mol. The van der Waals surface area contributed by atoms with E-state index in [-0.39, 0.29) is 6.04 Å². The predicted molar refractivity (Wildman–Crippen MR) is 65.9 cm³/mol. The molecule has 1 atom stereocenters. The van der Waals surface area contributed by atoms with Gasteiger partial charge >= 0.3 is 0 Å². The molecule has 0 saturated carbocycles. The number of hydrogen-bond donors (Lipinski definition) is 2. The Balaban J connectivity index is 2.16. The van der Waals surface area contributed by atoms with Crippen molar-refractivity contribution in [1.82, 2.24) is 9.97 Å². The molecule has 0 saturated heterocycles. The maximum Gasteiger partial charge on any atom is 0.159 e. The van der Waals surface area contributed by atoms with E-state index in [0.29, 0.717) is 11.3 Å². The SMILES string of the molecule is CC(N)CCc1ncc(-c2ccc(F)c(F)c2)[nH]1. The molecule has 5 heteroatoms. The number of hydrogen-bond acceptors (Lipinski definition) is 2. The van der Waals surface area contributed by atoms with Crippen molar-refractivity contribution in [3.8, 4) is 11.3 Å². The molecule has 2 rings (SSSR count). The van der Waals surface area contributed by atoms with Gasteiger partial charge in [-0.25, -0.2) is 13.8 Å². The number of benzene rings is 1. The number of aromatic nitrogens is 2. The first kappa shape index (κ1) is 12.7. The summed E-state index contributed by atoms with van der Waals surface area (Å²) in [6.07, 6.45) is 3.18. The van der Waals surface area contributed by atoms with E-state index in [1.165, 1.54) is 6.07 Å². The number of aryl methyl sites for hydroxylation is 1. The van der Waals surface area contributed by atoms with Crippen LogP contribution in [0.15, 0.2) is 24.4 Å². The molecule has 3 nitrogen and oxygen atoms in total. The largest absolute Gasteiger partial charge is 0.342 e. The van der Waals surface area contributed by atoms with Crippen LogP contribution in [0.4, 0.5) is 8.78 Å². The van der Waals surface area contributed by atoms with Crippen LogP contribution in [-0.4, -0.2) is 16.0 Å². The number of aromatic amines is 1. The van der Waals surface area contributed by atoms with Crippen molar-refractivity contribution in [1.29, 1.82) is 0 Å². The van der Waals surface area contributed by atoms with Crippen molar-refractivity contribution < 1.29 is 8.78 Å². The molecule has 1 heterocycles. The van der Waals surface area contributed by atoms with E-state index in [4.69, 9.17) is 5.73 Å². The molecule has 3 N–H and O–H groups in total. The number of rotatable bonds is 4. The lowest BCUT2D eigenvalue weighted by atomic mass is 10.1. The lowest BCUT2D eigenvalue weighted by molar-refractivity contribution is 0.509. The van der Waals surface area contributed by atoms with Gasteiger partial charge in [0.1, 0.15) is 5.82 Å². The fraction of sp³-hybridized carbons (Fsp3) is 0.308. The third-order valence-electron chi connectivity index (χ3n) is 2.70. The minimum atomic E-state index is -0.862. The van der Waals surface area contributed by atoms with Crippen LogP contribution in [0.1, 0.15) is 19.2 Å². The van der Waals surface area contributed by atoms with Crippen molar-refractivity contribution in [3.05, 3.63) is 41.9 Å². The molecule has 0 spiro atoms. The van der Waals surface area contributed by atoms with Gasteiger partial charge in [-0.1, -0.05) is 0 Å². The van der Waals surface area contributed by atoms with Gasteiger partial charge in [0.2, 0.25) is 0 Å². The maximum atomic E-state index is 13.1. The molecule has 1 aromatic carbocycles. The summed E-state index contributed by atoms with van der Waals surface area (Å²) >= 11 is 0. The highest BCUT2D eigenvalue weighted by atomic mass is 19.2. The molecule has 0 aliphatic carbocycles. The molecular formula is C13H15F2N3. The van der Waals surface area contributed by atoms with Crippen LogP contribution in [0.2, 0.25) is 0 Å². The average molecular weight is 251 g/mol. The molecular weight excluding hydrogens is 236 g/mol. The van der Waals surface area contributed by atoms with Gasteiger partial charge in [-0.15, -0.1) is 0 Å². The number of imidazole rings is 1. The van der Waals surface area contributed by atoms with E-state index in [2.05, 4.69) is 9.97 Å². The fourth-order valence-corrected chi connectivity index (χ4v) is 1.66. The standard InChI is InChI=1S/C13H15F2N3/c1-8(16)2-5-13-17-7-12(18-13)9-3-4-10(14)11(15)6-9/h3-4,6-8H,2,5,16H2,1H3,(H,17,18). The third kappa shape index (κ3) is 2.92. The Hall–Kier alpha value is -1.75. The average Bonchev–Trinajstić information content (AvgIpc) is 2.79. The Morgan fingerprint density at radius 3 is 2.78 bits per heavy atom. The van der Waals surface area contributed by atoms with Gasteiger partial charge in [-0.05, 0) is 31.5 Å². The fourth-order valence-electron chi connectivity index (χ4n) is 1.66. The molecule has 0 fully saturated rings. The molecule has 96 valence electrons. The van der Waals surface area contributed by atoms with E-state index < -0.39 is 11.6 Å². The van der Waals surface area contributed by atoms with Gasteiger partial charge in [-0.2, -0.15) is 0 Å². The Morgan fingerprint density at radius 2 is 2.11 bits per heavy atom. The Bertz CT molecular complexity index is 535. The van der Waals surface area contributed by atoms with Crippen molar-refractivity contribution in [2.75, 3.05) is 0 Å². The van der Waals surface area contributed by atoms with Crippen LogP contribution in [0.5, 0.6) is 0 Å². The van der Waals surface area contributed by atoms with Crippen molar-refractivity contribution in [2.45, 2.75) is 25.8 Å². The number of halogens is 2. The summed E-state index contributed by atoms with van der Waals surface area (Å²) in [5, 5.41) is 0. The highest BCUT2D eigenvalue weighted by Gasteiger charge is 2.07. The zero-order valence-corrected chi connectivity index (χ0v) is 10.1. The molecule has 18 heavy (non-hydrogen) atoms. The van der Waals surface area contributed by atoms with Crippen molar-refractivity contribution in [2.24, 2.45) is 5.73 Å². The molecule has 0 amide bonds. The maximum absolute atomic E-state index is 13.1. The van der Waals surface area contributed by atoms with E-state index >= 15 is 0 Å². The summed E-state index contributed by atoms with van der Waals surface area (Å²) in [7, 11) is 0. The lowest BCUT2D eigenvalue weighted by Gasteiger charge is -2.02. The number of nitrogens with zero attached hydrogens (tertiary/aromatic N) is 1. The first-order valence-electron chi connectivity index (χ1n) is 5.81. The second-order valence-electron chi connectivity index (χ2n) is 4.39. The molecule has 0 bridgehead atoms. The highest BCUT2D eigenvalue weighted by molar-refractivity contribution is 5.58. The summed E-state index contributed by atoms with van der Waals surface area (Å²) in [4.78, 5) is 7.27. The zero-order chi connectivity index (χ0) is 13.1. The highest BCUT2D eigenvalue weighted by Crippen LogP contribution is 2.20. The second kappa shape index (κ2) is 5.27. The Kier molecular flexibility index (Phi) is 3.72.